The van der Waals surface area contributed by atoms with Crippen LogP contribution in [-0.2, 0) is 20.8 Å². The van der Waals surface area contributed by atoms with Crippen LogP contribution < -0.4 is 10.6 Å². The summed E-state index contributed by atoms with van der Waals surface area (Å²) in [6.07, 6.45) is 3.12. The molecular formula is C20H30FN3O4. The van der Waals surface area contributed by atoms with Crippen LogP contribution in [0.4, 0.5) is 4.39 Å². The summed E-state index contributed by atoms with van der Waals surface area (Å²) in [5, 5.41) is 13.2. The minimum atomic E-state index is -0.833. The highest BCUT2D eigenvalue weighted by Crippen LogP contribution is 2.24. The molecule has 0 aliphatic carbocycles. The molecule has 1 fully saturated rings. The van der Waals surface area contributed by atoms with E-state index < -0.39 is 5.97 Å². The lowest BCUT2D eigenvalue weighted by Gasteiger charge is -2.25. The van der Waals surface area contributed by atoms with Gasteiger partial charge >= 0.3 is 0 Å². The third-order valence-corrected chi connectivity index (χ3v) is 4.64. The van der Waals surface area contributed by atoms with Crippen molar-refractivity contribution < 1.29 is 23.9 Å². The number of carbonyl (C=O) groups is 3. The van der Waals surface area contributed by atoms with Gasteiger partial charge in [0.1, 0.15) is 5.82 Å². The molecule has 0 saturated carbocycles. The zero-order chi connectivity index (χ0) is 21.1. The highest BCUT2D eigenvalue weighted by Gasteiger charge is 2.31. The van der Waals surface area contributed by atoms with Gasteiger partial charge in [-0.15, -0.1) is 0 Å². The fourth-order valence-corrected chi connectivity index (χ4v) is 3.13. The molecule has 0 radical (unpaired) electrons. The Balaban J connectivity index is 0.000000892. The first kappa shape index (κ1) is 23.6. The number of likely N-dealkylation sites (tertiary alicyclic amines) is 1. The van der Waals surface area contributed by atoms with E-state index in [0.29, 0.717) is 32.0 Å². The molecule has 0 spiro atoms. The number of hydrogen-bond acceptors (Lipinski definition) is 4. The van der Waals surface area contributed by atoms with Gasteiger partial charge in [-0.3, -0.25) is 19.3 Å². The first-order valence-electron chi connectivity index (χ1n) is 9.36. The topological polar surface area (TPSA) is 98.7 Å². The second-order valence-corrected chi connectivity index (χ2v) is 6.94. The fourth-order valence-electron chi connectivity index (χ4n) is 3.13. The van der Waals surface area contributed by atoms with Crippen LogP contribution in [0.1, 0.15) is 38.7 Å². The SMILES string of the molecule is CC(=O)NC[C@H]1CC[C@@H](CC(=O)NCCc2ccc(F)cc2)N1C.CC(=O)O. The number of rotatable bonds is 7. The number of nitrogens with zero attached hydrogens (tertiary/aromatic N) is 1. The van der Waals surface area contributed by atoms with Crippen molar-refractivity contribution in [3.8, 4) is 0 Å². The minimum Gasteiger partial charge on any atom is -0.481 e. The lowest BCUT2D eigenvalue weighted by Crippen LogP contribution is -2.42. The molecule has 0 unspecified atom stereocenters. The first-order chi connectivity index (χ1) is 13.2. The maximum atomic E-state index is 12.8. The summed E-state index contributed by atoms with van der Waals surface area (Å²) >= 11 is 0. The molecule has 1 aromatic rings. The van der Waals surface area contributed by atoms with Crippen molar-refractivity contribution in [3.63, 3.8) is 0 Å². The zero-order valence-electron chi connectivity index (χ0n) is 16.7. The van der Waals surface area contributed by atoms with Gasteiger partial charge in [-0.25, -0.2) is 4.39 Å². The maximum absolute atomic E-state index is 12.8. The molecule has 2 rings (SSSR count). The van der Waals surface area contributed by atoms with Gasteiger partial charge in [0.15, 0.2) is 0 Å². The van der Waals surface area contributed by atoms with Gasteiger partial charge in [0.05, 0.1) is 0 Å². The summed E-state index contributed by atoms with van der Waals surface area (Å²) in [6, 6.07) is 6.85. The Morgan fingerprint density at radius 1 is 1.11 bits per heavy atom. The zero-order valence-corrected chi connectivity index (χ0v) is 16.7. The third-order valence-electron chi connectivity index (χ3n) is 4.64. The van der Waals surface area contributed by atoms with Crippen molar-refractivity contribution >= 4 is 17.8 Å². The molecule has 8 heteroatoms. The molecule has 0 bridgehead atoms. The van der Waals surface area contributed by atoms with Crippen molar-refractivity contribution in [2.24, 2.45) is 0 Å². The van der Waals surface area contributed by atoms with E-state index in [1.807, 2.05) is 7.05 Å². The number of carboxylic acid groups (broad SMARTS) is 1. The molecule has 156 valence electrons. The largest absolute Gasteiger partial charge is 0.481 e. The monoisotopic (exact) mass is 395 g/mol. The molecule has 3 N–H and O–H groups in total. The van der Waals surface area contributed by atoms with Crippen LogP contribution in [0.15, 0.2) is 24.3 Å². The number of benzene rings is 1. The van der Waals surface area contributed by atoms with Crippen LogP contribution in [0, 0.1) is 5.82 Å². The Labute approximate surface area is 165 Å². The highest BCUT2D eigenvalue weighted by atomic mass is 19.1. The molecule has 2 amide bonds. The van der Waals surface area contributed by atoms with Gasteiger partial charge < -0.3 is 15.7 Å². The number of carbonyl (C=O) groups excluding carboxylic acids is 2. The molecule has 1 aliphatic heterocycles. The van der Waals surface area contributed by atoms with E-state index in [-0.39, 0.29) is 23.7 Å². The molecule has 2 atom stereocenters. The van der Waals surface area contributed by atoms with Crippen LogP contribution >= 0.6 is 0 Å². The number of halogens is 1. The summed E-state index contributed by atoms with van der Waals surface area (Å²) < 4.78 is 12.8. The van der Waals surface area contributed by atoms with E-state index in [1.54, 1.807) is 12.1 Å². The lowest BCUT2D eigenvalue weighted by atomic mass is 10.1. The van der Waals surface area contributed by atoms with Crippen LogP contribution in [-0.4, -0.2) is 60.0 Å². The summed E-state index contributed by atoms with van der Waals surface area (Å²) in [5.74, 6) is -1.07. The summed E-state index contributed by atoms with van der Waals surface area (Å²) in [5.41, 5.74) is 1.00. The molecule has 0 aromatic heterocycles. The van der Waals surface area contributed by atoms with Gasteiger partial charge in [0, 0.05) is 45.4 Å². The highest BCUT2D eigenvalue weighted by molar-refractivity contribution is 5.76. The molecule has 1 aliphatic rings. The van der Waals surface area contributed by atoms with Gasteiger partial charge in [-0.1, -0.05) is 12.1 Å². The number of aliphatic carboxylic acids is 1. The fraction of sp³-hybridized carbons (Fsp3) is 0.550. The molecular weight excluding hydrogens is 365 g/mol. The first-order valence-corrected chi connectivity index (χ1v) is 9.36. The number of likely N-dealkylation sites (N-methyl/N-ethyl adjacent to an activating group) is 1. The van der Waals surface area contributed by atoms with Crippen LogP contribution in [0.3, 0.4) is 0 Å². The number of hydrogen-bond donors (Lipinski definition) is 3. The minimum absolute atomic E-state index is 0.0228. The maximum Gasteiger partial charge on any atom is 0.300 e. The van der Waals surface area contributed by atoms with Gasteiger partial charge in [0.25, 0.3) is 5.97 Å². The molecule has 1 aromatic carbocycles. The van der Waals surface area contributed by atoms with Crippen molar-refractivity contribution in [2.45, 2.75) is 51.6 Å². The predicted molar refractivity (Wildman–Crippen MR) is 104 cm³/mol. The quantitative estimate of drug-likeness (QED) is 0.651. The predicted octanol–water partition coefficient (Wildman–Crippen LogP) is 1.56. The standard InChI is InChI=1S/C18H26FN3O2.C2H4O2/c1-13(23)21-12-17-8-7-16(22(17)2)11-18(24)20-10-9-14-3-5-15(19)6-4-14;1-2(3)4/h3-6,16-17H,7-12H2,1-2H3,(H,20,24)(H,21,23);1H3,(H,3,4)/t16-,17+;/m0./s1. The Hall–Kier alpha value is -2.48. The third kappa shape index (κ3) is 9.45. The van der Waals surface area contributed by atoms with Gasteiger partial charge in [0.2, 0.25) is 11.8 Å². The van der Waals surface area contributed by atoms with E-state index in [0.717, 1.165) is 25.3 Å². The van der Waals surface area contributed by atoms with Crippen molar-refractivity contribution in [2.75, 3.05) is 20.1 Å². The van der Waals surface area contributed by atoms with Crippen LogP contribution in [0.25, 0.3) is 0 Å². The Morgan fingerprint density at radius 3 is 2.25 bits per heavy atom. The molecule has 28 heavy (non-hydrogen) atoms. The Morgan fingerprint density at radius 2 is 1.68 bits per heavy atom. The van der Waals surface area contributed by atoms with E-state index in [1.165, 1.54) is 19.1 Å². The van der Waals surface area contributed by atoms with Crippen molar-refractivity contribution in [1.29, 1.82) is 0 Å². The molecule has 7 nitrogen and oxygen atoms in total. The second-order valence-electron chi connectivity index (χ2n) is 6.94. The van der Waals surface area contributed by atoms with E-state index in [9.17, 15) is 14.0 Å². The van der Waals surface area contributed by atoms with Crippen molar-refractivity contribution in [1.82, 2.24) is 15.5 Å². The smallest absolute Gasteiger partial charge is 0.300 e. The van der Waals surface area contributed by atoms with E-state index >= 15 is 0 Å². The van der Waals surface area contributed by atoms with Gasteiger partial charge in [-0.2, -0.15) is 0 Å². The Kier molecular flexibility index (Phi) is 10.2. The molecule has 1 saturated heterocycles. The van der Waals surface area contributed by atoms with E-state index in [2.05, 4.69) is 15.5 Å². The summed E-state index contributed by atoms with van der Waals surface area (Å²) in [7, 11) is 2.01. The normalized spacial score (nSPS) is 18.7. The van der Waals surface area contributed by atoms with E-state index in [4.69, 9.17) is 9.90 Å². The summed E-state index contributed by atoms with van der Waals surface area (Å²) in [6.45, 7) is 3.78. The van der Waals surface area contributed by atoms with Gasteiger partial charge in [-0.05, 0) is 44.0 Å². The number of carboxylic acids is 1. The van der Waals surface area contributed by atoms with Crippen LogP contribution in [0.5, 0.6) is 0 Å². The second kappa shape index (κ2) is 12.1. The average Bonchev–Trinajstić information content (AvgIpc) is 2.94. The van der Waals surface area contributed by atoms with Crippen molar-refractivity contribution in [3.05, 3.63) is 35.6 Å². The number of nitrogens with one attached hydrogen (secondary N) is 2. The number of amides is 2. The lowest BCUT2D eigenvalue weighted by molar-refractivity contribution is -0.134. The van der Waals surface area contributed by atoms with Crippen LogP contribution in [0.2, 0.25) is 0 Å². The molecule has 1 heterocycles. The summed E-state index contributed by atoms with van der Waals surface area (Å²) in [4.78, 5) is 34.3. The Bertz CT molecular complexity index is 647. The average molecular weight is 395 g/mol.